The monoisotopic (exact) mass is 379 g/mol. The number of nitrogens with zero attached hydrogens (tertiary/aromatic N) is 3. The average Bonchev–Trinajstić information content (AvgIpc) is 2.57. The number of amides is 1. The van der Waals surface area contributed by atoms with E-state index in [0.29, 0.717) is 41.9 Å². The van der Waals surface area contributed by atoms with Gasteiger partial charge in [-0.15, -0.1) is 0 Å². The minimum absolute atomic E-state index is 0.299. The lowest BCUT2D eigenvalue weighted by Gasteiger charge is -2.47. The normalized spacial score (nSPS) is 26.5. The van der Waals surface area contributed by atoms with Gasteiger partial charge >= 0.3 is 0 Å². The highest BCUT2D eigenvalue weighted by Gasteiger charge is 2.40. The number of piperidine rings is 1. The second-order valence-corrected chi connectivity index (χ2v) is 9.45. The summed E-state index contributed by atoms with van der Waals surface area (Å²) in [6, 6.07) is 0.564. The van der Waals surface area contributed by atoms with Crippen LogP contribution in [0.4, 0.5) is 0 Å². The number of rotatable bonds is 9. The lowest BCUT2D eigenvalue weighted by atomic mass is 9.73. The second-order valence-electron chi connectivity index (χ2n) is 9.45. The molecule has 156 valence electrons. The van der Waals surface area contributed by atoms with E-state index in [4.69, 9.17) is 0 Å². The van der Waals surface area contributed by atoms with Crippen molar-refractivity contribution >= 4 is 11.7 Å². The Morgan fingerprint density at radius 3 is 2.63 bits per heavy atom. The van der Waals surface area contributed by atoms with Gasteiger partial charge in [0.1, 0.15) is 5.78 Å². The summed E-state index contributed by atoms with van der Waals surface area (Å²) in [5.74, 6) is 2.06. The van der Waals surface area contributed by atoms with Crippen molar-refractivity contribution in [2.45, 2.75) is 65.3 Å². The number of fused-ring (bicyclic) bond motifs is 1. The van der Waals surface area contributed by atoms with Crippen LogP contribution < -0.4 is 0 Å². The molecule has 0 bridgehead atoms. The quantitative estimate of drug-likeness (QED) is 0.618. The molecule has 1 heterocycles. The molecule has 1 saturated heterocycles. The molecule has 2 aliphatic rings. The fourth-order valence-corrected chi connectivity index (χ4v) is 4.91. The molecule has 2 rings (SSSR count). The van der Waals surface area contributed by atoms with Crippen LogP contribution in [0.25, 0.3) is 0 Å². The molecule has 1 aliphatic heterocycles. The van der Waals surface area contributed by atoms with Gasteiger partial charge < -0.3 is 9.80 Å². The first-order valence-corrected chi connectivity index (χ1v) is 11.0. The van der Waals surface area contributed by atoms with Crippen molar-refractivity contribution in [3.63, 3.8) is 0 Å². The van der Waals surface area contributed by atoms with Crippen molar-refractivity contribution in [2.75, 3.05) is 46.8 Å². The van der Waals surface area contributed by atoms with E-state index in [1.807, 2.05) is 0 Å². The predicted octanol–water partition coefficient (Wildman–Crippen LogP) is 2.89. The number of hydrogen-bond donors (Lipinski definition) is 0. The molecule has 0 spiro atoms. The highest BCUT2D eigenvalue weighted by atomic mass is 16.2. The Morgan fingerprint density at radius 1 is 1.26 bits per heavy atom. The highest BCUT2D eigenvalue weighted by molar-refractivity contribution is 5.79. The van der Waals surface area contributed by atoms with Crippen LogP contribution in [0.1, 0.15) is 59.3 Å². The van der Waals surface area contributed by atoms with Crippen LogP contribution in [0, 0.1) is 17.8 Å². The van der Waals surface area contributed by atoms with Crippen LogP contribution in [-0.2, 0) is 9.59 Å². The van der Waals surface area contributed by atoms with Crippen LogP contribution in [0.2, 0.25) is 0 Å². The predicted molar refractivity (Wildman–Crippen MR) is 111 cm³/mol. The zero-order chi connectivity index (χ0) is 20.0. The summed E-state index contributed by atoms with van der Waals surface area (Å²) in [5, 5.41) is 0. The Bertz CT molecular complexity index is 492. The Balaban J connectivity index is 2.00. The minimum Gasteiger partial charge on any atom is -0.341 e. The van der Waals surface area contributed by atoms with Gasteiger partial charge in [-0.1, -0.05) is 20.8 Å². The Hall–Kier alpha value is -0.940. The molecule has 1 aliphatic carbocycles. The molecule has 0 N–H and O–H groups in total. The first-order valence-electron chi connectivity index (χ1n) is 11.0. The number of Topliss-reactive ketones (excluding diaryl/α,β-unsaturated/α-hetero) is 1. The molecule has 5 heteroatoms. The Kier molecular flexibility index (Phi) is 8.74. The van der Waals surface area contributed by atoms with E-state index in [2.05, 4.69) is 49.6 Å². The third-order valence-electron chi connectivity index (χ3n) is 6.08. The Labute approximate surface area is 166 Å². The highest BCUT2D eigenvalue weighted by Crippen LogP contribution is 2.37. The van der Waals surface area contributed by atoms with Gasteiger partial charge in [-0.05, 0) is 57.7 Å². The fourth-order valence-electron chi connectivity index (χ4n) is 4.91. The number of likely N-dealkylation sites (N-methyl/N-ethyl adjacent to an activating group) is 1. The van der Waals surface area contributed by atoms with Gasteiger partial charge in [-0.2, -0.15) is 0 Å². The summed E-state index contributed by atoms with van der Waals surface area (Å²) >= 11 is 0. The topological polar surface area (TPSA) is 43.9 Å². The molecule has 0 unspecified atom stereocenters. The van der Waals surface area contributed by atoms with Crippen molar-refractivity contribution in [3.8, 4) is 0 Å². The van der Waals surface area contributed by atoms with E-state index in [1.54, 1.807) is 0 Å². The molecule has 1 saturated carbocycles. The number of carbonyl (C=O) groups is 2. The molecule has 0 aromatic carbocycles. The third-order valence-corrected chi connectivity index (χ3v) is 6.08. The van der Waals surface area contributed by atoms with Crippen LogP contribution >= 0.6 is 0 Å². The van der Waals surface area contributed by atoms with Crippen LogP contribution in [0.5, 0.6) is 0 Å². The molecular formula is C22H41N3O2. The first kappa shape index (κ1) is 22.4. The lowest BCUT2D eigenvalue weighted by molar-refractivity contribution is -0.134. The largest absolute Gasteiger partial charge is 0.341 e. The van der Waals surface area contributed by atoms with Crippen molar-refractivity contribution in [2.24, 2.45) is 17.8 Å². The lowest BCUT2D eigenvalue weighted by Crippen LogP contribution is -2.52. The average molecular weight is 380 g/mol. The zero-order valence-corrected chi connectivity index (χ0v) is 18.2. The number of carbonyl (C=O) groups excluding carboxylic acids is 2. The fraction of sp³-hybridized carbons (Fsp3) is 0.909. The summed E-state index contributed by atoms with van der Waals surface area (Å²) in [6.45, 7) is 11.3. The van der Waals surface area contributed by atoms with Crippen LogP contribution in [0.3, 0.4) is 0 Å². The first-order chi connectivity index (χ1) is 12.8. The van der Waals surface area contributed by atoms with E-state index in [1.165, 1.54) is 0 Å². The second kappa shape index (κ2) is 10.6. The number of likely N-dealkylation sites (tertiary alicyclic amines) is 1. The van der Waals surface area contributed by atoms with Crippen LogP contribution in [0.15, 0.2) is 0 Å². The minimum atomic E-state index is 0.299. The molecule has 1 amide bonds. The summed E-state index contributed by atoms with van der Waals surface area (Å²) in [7, 11) is 4.12. The van der Waals surface area contributed by atoms with Gasteiger partial charge in [0, 0.05) is 51.5 Å². The summed E-state index contributed by atoms with van der Waals surface area (Å²) in [5.41, 5.74) is 0. The van der Waals surface area contributed by atoms with Crippen molar-refractivity contribution in [1.29, 1.82) is 0 Å². The van der Waals surface area contributed by atoms with Crippen LogP contribution in [-0.4, -0.2) is 79.3 Å². The van der Waals surface area contributed by atoms with E-state index in [-0.39, 0.29) is 0 Å². The van der Waals surface area contributed by atoms with Crippen molar-refractivity contribution < 1.29 is 9.59 Å². The summed E-state index contributed by atoms with van der Waals surface area (Å²) in [6.07, 6.45) is 5.32. The maximum Gasteiger partial charge on any atom is 0.222 e. The number of hydrogen-bond acceptors (Lipinski definition) is 4. The van der Waals surface area contributed by atoms with Gasteiger partial charge in [-0.3, -0.25) is 14.5 Å². The maximum absolute atomic E-state index is 13.1. The van der Waals surface area contributed by atoms with Gasteiger partial charge in [0.2, 0.25) is 5.91 Å². The molecule has 27 heavy (non-hydrogen) atoms. The summed E-state index contributed by atoms with van der Waals surface area (Å²) in [4.78, 5) is 31.9. The van der Waals surface area contributed by atoms with Gasteiger partial charge in [0.25, 0.3) is 0 Å². The smallest absolute Gasteiger partial charge is 0.222 e. The zero-order valence-electron chi connectivity index (χ0n) is 18.2. The molecule has 0 aromatic rings. The molecule has 0 aromatic heterocycles. The molecule has 2 fully saturated rings. The van der Waals surface area contributed by atoms with E-state index < -0.39 is 0 Å². The van der Waals surface area contributed by atoms with Gasteiger partial charge in [-0.25, -0.2) is 0 Å². The summed E-state index contributed by atoms with van der Waals surface area (Å²) < 4.78 is 0. The van der Waals surface area contributed by atoms with Crippen molar-refractivity contribution in [1.82, 2.24) is 14.7 Å². The standard InChI is InChI=1S/C22H41N3O2/c1-6-9-24-16-18(12-19-14-20(26)7-8-21(19)24)13-22(27)25(15-17(2)3)11-10-23(4)5/h17-19,21H,6-16H2,1-5H3/t18-,19-,21-/m1/s1. The molecule has 0 radical (unpaired) electrons. The van der Waals surface area contributed by atoms with Crippen molar-refractivity contribution in [3.05, 3.63) is 0 Å². The van der Waals surface area contributed by atoms with E-state index >= 15 is 0 Å². The molecule has 3 atom stereocenters. The van der Waals surface area contributed by atoms with E-state index in [9.17, 15) is 9.59 Å². The molecule has 5 nitrogen and oxygen atoms in total. The van der Waals surface area contributed by atoms with Gasteiger partial charge in [0.15, 0.2) is 0 Å². The maximum atomic E-state index is 13.1. The number of ketones is 1. The molecular weight excluding hydrogens is 338 g/mol. The van der Waals surface area contributed by atoms with E-state index in [0.717, 1.165) is 64.8 Å². The third kappa shape index (κ3) is 6.86. The Morgan fingerprint density at radius 2 is 2.00 bits per heavy atom. The van der Waals surface area contributed by atoms with Gasteiger partial charge in [0.05, 0.1) is 0 Å². The SMILES string of the molecule is CCCN1C[C@@H](CC(=O)N(CCN(C)C)CC(C)C)C[C@@H]2CC(=O)CC[C@H]21.